The second kappa shape index (κ2) is 6.51. The minimum atomic E-state index is -0.129. The standard InChI is InChI=1S/C18H19N5O2/c24-17-9-15(19-11-20-17)13-5-7-22(8-6-13)18(25)10-23-12-21-14-3-1-2-4-16(14)23/h1-4,9,11-13H,5-8,10H2,(H,19,20,24). The van der Waals surface area contributed by atoms with Crippen LogP contribution in [0.3, 0.4) is 0 Å². The average molecular weight is 337 g/mol. The maximum atomic E-state index is 12.6. The van der Waals surface area contributed by atoms with Gasteiger partial charge in [0.1, 0.15) is 6.54 Å². The summed E-state index contributed by atoms with van der Waals surface area (Å²) in [5.74, 6) is 0.334. The molecule has 3 heterocycles. The third-order valence-corrected chi connectivity index (χ3v) is 4.80. The third kappa shape index (κ3) is 3.17. The molecule has 0 radical (unpaired) electrons. The van der Waals surface area contributed by atoms with Crippen molar-refractivity contribution < 1.29 is 4.79 Å². The molecule has 1 aliphatic rings. The summed E-state index contributed by atoms with van der Waals surface area (Å²) in [7, 11) is 0. The highest BCUT2D eigenvalue weighted by molar-refractivity contribution is 5.80. The number of likely N-dealkylation sites (tertiary alicyclic amines) is 1. The van der Waals surface area contributed by atoms with Gasteiger partial charge in [-0.2, -0.15) is 0 Å². The Bertz CT molecular complexity index is 953. The van der Waals surface area contributed by atoms with Crippen LogP contribution in [0.2, 0.25) is 0 Å². The molecule has 1 amide bonds. The van der Waals surface area contributed by atoms with Crippen molar-refractivity contribution >= 4 is 16.9 Å². The monoisotopic (exact) mass is 337 g/mol. The summed E-state index contributed by atoms with van der Waals surface area (Å²) in [6, 6.07) is 9.36. The summed E-state index contributed by atoms with van der Waals surface area (Å²) in [5, 5.41) is 0. The van der Waals surface area contributed by atoms with Crippen LogP contribution in [-0.2, 0) is 11.3 Å². The predicted octanol–water partition coefficient (Wildman–Crippen LogP) is 1.53. The lowest BCUT2D eigenvalue weighted by atomic mass is 9.93. The van der Waals surface area contributed by atoms with Gasteiger partial charge < -0.3 is 14.5 Å². The van der Waals surface area contributed by atoms with Crippen LogP contribution in [0, 0.1) is 0 Å². The Balaban J connectivity index is 1.40. The van der Waals surface area contributed by atoms with Gasteiger partial charge in [-0.1, -0.05) is 12.1 Å². The molecule has 1 fully saturated rings. The maximum Gasteiger partial charge on any atom is 0.250 e. The summed E-state index contributed by atoms with van der Waals surface area (Å²) in [5.41, 5.74) is 2.56. The van der Waals surface area contributed by atoms with Crippen molar-refractivity contribution in [2.45, 2.75) is 25.3 Å². The molecule has 7 nitrogen and oxygen atoms in total. The first-order valence-corrected chi connectivity index (χ1v) is 8.43. The summed E-state index contributed by atoms with van der Waals surface area (Å²) < 4.78 is 1.89. The van der Waals surface area contributed by atoms with E-state index in [1.807, 2.05) is 33.7 Å². The smallest absolute Gasteiger partial charge is 0.250 e. The zero-order valence-corrected chi connectivity index (χ0v) is 13.8. The van der Waals surface area contributed by atoms with Gasteiger partial charge in [0.25, 0.3) is 5.56 Å². The Kier molecular flexibility index (Phi) is 4.05. The number of piperidine rings is 1. The zero-order chi connectivity index (χ0) is 17.2. The van der Waals surface area contributed by atoms with Gasteiger partial charge in [0.2, 0.25) is 5.91 Å². The molecule has 0 atom stereocenters. The maximum absolute atomic E-state index is 12.6. The van der Waals surface area contributed by atoms with Gasteiger partial charge >= 0.3 is 0 Å². The number of amides is 1. The average Bonchev–Trinajstić information content (AvgIpc) is 3.05. The second-order valence-corrected chi connectivity index (χ2v) is 6.35. The van der Waals surface area contributed by atoms with Gasteiger partial charge in [-0.15, -0.1) is 0 Å². The molecule has 25 heavy (non-hydrogen) atoms. The zero-order valence-electron chi connectivity index (χ0n) is 13.8. The van der Waals surface area contributed by atoms with E-state index in [9.17, 15) is 9.59 Å². The van der Waals surface area contributed by atoms with Crippen LogP contribution >= 0.6 is 0 Å². The van der Waals surface area contributed by atoms with E-state index < -0.39 is 0 Å². The fraction of sp³-hybridized carbons (Fsp3) is 0.333. The van der Waals surface area contributed by atoms with Crippen LogP contribution in [0.25, 0.3) is 11.0 Å². The summed E-state index contributed by atoms with van der Waals surface area (Å²) >= 11 is 0. The molecule has 1 N–H and O–H groups in total. The van der Waals surface area contributed by atoms with Crippen LogP contribution in [0.1, 0.15) is 24.5 Å². The van der Waals surface area contributed by atoms with Crippen molar-refractivity contribution in [3.63, 3.8) is 0 Å². The van der Waals surface area contributed by atoms with Crippen LogP contribution in [0.15, 0.2) is 47.8 Å². The van der Waals surface area contributed by atoms with Crippen molar-refractivity contribution in [2.24, 2.45) is 0 Å². The van der Waals surface area contributed by atoms with Gasteiger partial charge in [0.15, 0.2) is 0 Å². The molecule has 0 bridgehead atoms. The normalized spacial score (nSPS) is 15.6. The Hall–Kier alpha value is -2.96. The Labute approximate surface area is 144 Å². The number of carbonyl (C=O) groups is 1. The number of nitrogens with one attached hydrogen (secondary N) is 1. The largest absolute Gasteiger partial charge is 0.341 e. The molecule has 3 aromatic rings. The van der Waals surface area contributed by atoms with E-state index in [0.29, 0.717) is 19.6 Å². The van der Waals surface area contributed by atoms with Crippen molar-refractivity contribution in [2.75, 3.05) is 13.1 Å². The van der Waals surface area contributed by atoms with Crippen LogP contribution < -0.4 is 5.56 Å². The van der Waals surface area contributed by atoms with E-state index in [1.54, 1.807) is 12.4 Å². The lowest BCUT2D eigenvalue weighted by molar-refractivity contribution is -0.132. The van der Waals surface area contributed by atoms with Gasteiger partial charge in [-0.05, 0) is 25.0 Å². The summed E-state index contributed by atoms with van der Waals surface area (Å²) in [6.07, 6.45) is 4.81. The quantitative estimate of drug-likeness (QED) is 0.785. The highest BCUT2D eigenvalue weighted by Gasteiger charge is 2.25. The highest BCUT2D eigenvalue weighted by atomic mass is 16.2. The van der Waals surface area contributed by atoms with Crippen molar-refractivity contribution in [3.8, 4) is 0 Å². The third-order valence-electron chi connectivity index (χ3n) is 4.80. The first-order chi connectivity index (χ1) is 12.2. The number of nitrogens with zero attached hydrogens (tertiary/aromatic N) is 4. The molecule has 0 spiro atoms. The van der Waals surface area contributed by atoms with Gasteiger partial charge in [-0.25, -0.2) is 9.97 Å². The van der Waals surface area contributed by atoms with Crippen LogP contribution in [-0.4, -0.2) is 43.4 Å². The lowest BCUT2D eigenvalue weighted by Crippen LogP contribution is -2.39. The molecule has 1 aliphatic heterocycles. The van der Waals surface area contributed by atoms with Crippen molar-refractivity contribution in [1.29, 1.82) is 0 Å². The number of benzene rings is 1. The number of imidazole rings is 1. The fourth-order valence-electron chi connectivity index (χ4n) is 3.41. The van der Waals surface area contributed by atoms with E-state index in [-0.39, 0.29) is 17.4 Å². The molecule has 0 saturated carbocycles. The molecule has 2 aromatic heterocycles. The Morgan fingerprint density at radius 1 is 1.20 bits per heavy atom. The number of rotatable bonds is 3. The first-order valence-electron chi connectivity index (χ1n) is 8.43. The molecule has 4 rings (SSSR count). The predicted molar refractivity (Wildman–Crippen MR) is 93.1 cm³/mol. The SMILES string of the molecule is O=C(Cn1cnc2ccccc21)N1CCC(c2cc(=O)[nH]cn2)CC1. The Morgan fingerprint density at radius 2 is 2.00 bits per heavy atom. The number of fused-ring (bicyclic) bond motifs is 1. The Morgan fingerprint density at radius 3 is 2.80 bits per heavy atom. The van der Waals surface area contributed by atoms with E-state index >= 15 is 0 Å². The summed E-state index contributed by atoms with van der Waals surface area (Å²) in [4.78, 5) is 37.0. The van der Waals surface area contributed by atoms with E-state index in [2.05, 4.69) is 15.0 Å². The minimum Gasteiger partial charge on any atom is -0.341 e. The molecule has 1 aromatic carbocycles. The van der Waals surface area contributed by atoms with Gasteiger partial charge in [0, 0.05) is 25.1 Å². The highest BCUT2D eigenvalue weighted by Crippen LogP contribution is 2.26. The molecule has 0 unspecified atom stereocenters. The number of hydrogen-bond donors (Lipinski definition) is 1. The van der Waals surface area contributed by atoms with Crippen LogP contribution in [0.5, 0.6) is 0 Å². The van der Waals surface area contributed by atoms with Gasteiger partial charge in [-0.3, -0.25) is 9.59 Å². The van der Waals surface area contributed by atoms with E-state index in [0.717, 1.165) is 29.6 Å². The van der Waals surface area contributed by atoms with Crippen molar-refractivity contribution in [1.82, 2.24) is 24.4 Å². The number of aromatic amines is 1. The van der Waals surface area contributed by atoms with E-state index in [4.69, 9.17) is 0 Å². The molecule has 0 aliphatic carbocycles. The number of H-pyrrole nitrogens is 1. The second-order valence-electron chi connectivity index (χ2n) is 6.35. The number of para-hydroxylation sites is 2. The molecule has 128 valence electrons. The van der Waals surface area contributed by atoms with E-state index in [1.165, 1.54) is 6.33 Å². The fourth-order valence-corrected chi connectivity index (χ4v) is 3.41. The number of aromatic nitrogens is 4. The lowest BCUT2D eigenvalue weighted by Gasteiger charge is -2.31. The van der Waals surface area contributed by atoms with Crippen molar-refractivity contribution in [3.05, 3.63) is 59.0 Å². The molecular formula is C18H19N5O2. The van der Waals surface area contributed by atoms with Crippen LogP contribution in [0.4, 0.5) is 0 Å². The molecule has 1 saturated heterocycles. The summed E-state index contributed by atoms with van der Waals surface area (Å²) in [6.45, 7) is 1.67. The molecular weight excluding hydrogens is 318 g/mol. The first kappa shape index (κ1) is 15.6. The molecule has 7 heteroatoms. The minimum absolute atomic E-state index is 0.0977. The number of hydrogen-bond acceptors (Lipinski definition) is 4. The topological polar surface area (TPSA) is 83.9 Å². The number of carbonyl (C=O) groups excluding carboxylic acids is 1. The van der Waals surface area contributed by atoms with Gasteiger partial charge in [0.05, 0.1) is 29.4 Å².